The van der Waals surface area contributed by atoms with Crippen LogP contribution in [-0.2, 0) is 9.53 Å². The second kappa shape index (κ2) is 8.14. The number of carbonyl (C=O) groups is 3. The number of aryl methyl sites for hydroxylation is 1. The highest BCUT2D eigenvalue weighted by atomic mass is 35.5. The summed E-state index contributed by atoms with van der Waals surface area (Å²) in [6.45, 7) is 3.14. The number of amides is 3. The van der Waals surface area contributed by atoms with Crippen LogP contribution in [0, 0.1) is 13.8 Å². The third-order valence-electron chi connectivity index (χ3n) is 4.12. The lowest BCUT2D eigenvalue weighted by Crippen LogP contribution is -2.37. The number of hydrogen-bond acceptors (Lipinski definition) is 5. The molecule has 0 radical (unpaired) electrons. The smallest absolute Gasteiger partial charge is 0.374 e. The first-order valence-electron chi connectivity index (χ1n) is 8.37. The number of esters is 1. The Labute approximate surface area is 165 Å². The second-order valence-corrected chi connectivity index (χ2v) is 6.56. The van der Waals surface area contributed by atoms with Crippen LogP contribution in [-0.4, -0.2) is 24.5 Å². The maximum absolute atomic E-state index is 12.0. The van der Waals surface area contributed by atoms with Gasteiger partial charge >= 0.3 is 12.0 Å². The molecule has 0 bridgehead atoms. The standard InChI is InChI=1S/C20H17ClN2O5/c1-11-4-3-5-15(12(11)2)22-20(26)23-18(24)10-27-19(25)17-9-13-8-14(21)6-7-16(13)28-17/h3-9H,10H2,1-2H3,(H2,22,23,24,26). The van der Waals surface area contributed by atoms with Gasteiger partial charge in [-0.25, -0.2) is 9.59 Å². The average molecular weight is 401 g/mol. The Balaban J connectivity index is 1.53. The number of urea groups is 1. The number of rotatable bonds is 4. The van der Waals surface area contributed by atoms with Crippen LogP contribution in [0.3, 0.4) is 0 Å². The van der Waals surface area contributed by atoms with E-state index in [1.54, 1.807) is 30.3 Å². The minimum absolute atomic E-state index is 0.0649. The number of benzene rings is 2. The van der Waals surface area contributed by atoms with Gasteiger partial charge in [-0.05, 0) is 55.3 Å². The molecule has 3 aromatic rings. The summed E-state index contributed by atoms with van der Waals surface area (Å²) in [5, 5.41) is 5.82. The molecule has 0 fully saturated rings. The van der Waals surface area contributed by atoms with Crippen LogP contribution in [0.4, 0.5) is 10.5 Å². The van der Waals surface area contributed by atoms with Crippen molar-refractivity contribution >= 4 is 46.2 Å². The number of nitrogens with one attached hydrogen (secondary N) is 2. The molecule has 0 unspecified atom stereocenters. The number of fused-ring (bicyclic) bond motifs is 1. The van der Waals surface area contributed by atoms with E-state index >= 15 is 0 Å². The Morgan fingerprint density at radius 1 is 1.11 bits per heavy atom. The topological polar surface area (TPSA) is 97.6 Å². The predicted molar refractivity (Wildman–Crippen MR) is 105 cm³/mol. The van der Waals surface area contributed by atoms with Gasteiger partial charge < -0.3 is 14.5 Å². The van der Waals surface area contributed by atoms with E-state index in [1.165, 1.54) is 6.07 Å². The Morgan fingerprint density at radius 3 is 2.68 bits per heavy atom. The van der Waals surface area contributed by atoms with Crippen molar-refractivity contribution in [1.29, 1.82) is 0 Å². The molecule has 144 valence electrons. The monoisotopic (exact) mass is 400 g/mol. The van der Waals surface area contributed by atoms with Gasteiger partial charge in [-0.3, -0.25) is 10.1 Å². The molecule has 0 atom stereocenters. The number of furan rings is 1. The predicted octanol–water partition coefficient (Wildman–Crippen LogP) is 4.21. The van der Waals surface area contributed by atoms with Crippen molar-refractivity contribution in [3.63, 3.8) is 0 Å². The summed E-state index contributed by atoms with van der Waals surface area (Å²) in [7, 11) is 0. The van der Waals surface area contributed by atoms with E-state index in [9.17, 15) is 14.4 Å². The SMILES string of the molecule is Cc1cccc(NC(=O)NC(=O)COC(=O)c2cc3cc(Cl)ccc3o2)c1C. The lowest BCUT2D eigenvalue weighted by Gasteiger charge is -2.10. The highest BCUT2D eigenvalue weighted by Crippen LogP contribution is 2.23. The van der Waals surface area contributed by atoms with Gasteiger partial charge in [0.25, 0.3) is 5.91 Å². The van der Waals surface area contributed by atoms with Crippen molar-refractivity contribution in [3.05, 3.63) is 64.4 Å². The number of ether oxygens (including phenoxy) is 1. The van der Waals surface area contributed by atoms with Crippen LogP contribution in [0.25, 0.3) is 11.0 Å². The van der Waals surface area contributed by atoms with Crippen molar-refractivity contribution in [3.8, 4) is 0 Å². The molecule has 1 heterocycles. The summed E-state index contributed by atoms with van der Waals surface area (Å²) >= 11 is 5.89. The number of carbonyl (C=O) groups excluding carboxylic acids is 3. The Kier molecular flexibility index (Phi) is 5.65. The summed E-state index contributed by atoms with van der Waals surface area (Å²) in [5.41, 5.74) is 2.95. The van der Waals surface area contributed by atoms with Crippen molar-refractivity contribution in [2.24, 2.45) is 0 Å². The Morgan fingerprint density at radius 2 is 1.89 bits per heavy atom. The van der Waals surface area contributed by atoms with E-state index in [0.717, 1.165) is 11.1 Å². The fourth-order valence-electron chi connectivity index (χ4n) is 2.52. The number of anilines is 1. The maximum atomic E-state index is 12.0. The second-order valence-electron chi connectivity index (χ2n) is 6.12. The lowest BCUT2D eigenvalue weighted by molar-refractivity contribution is -0.123. The molecule has 7 nitrogen and oxygen atoms in total. The molecule has 0 aliphatic carbocycles. The van der Waals surface area contributed by atoms with E-state index in [4.69, 9.17) is 20.8 Å². The Bertz CT molecular complexity index is 1070. The van der Waals surface area contributed by atoms with Crippen molar-refractivity contribution in [2.75, 3.05) is 11.9 Å². The fourth-order valence-corrected chi connectivity index (χ4v) is 2.70. The summed E-state index contributed by atoms with van der Waals surface area (Å²) in [6, 6.07) is 11.1. The zero-order chi connectivity index (χ0) is 20.3. The van der Waals surface area contributed by atoms with Gasteiger partial charge in [-0.1, -0.05) is 23.7 Å². The fraction of sp³-hybridized carbons (Fsp3) is 0.150. The molecule has 2 aromatic carbocycles. The van der Waals surface area contributed by atoms with Crippen LogP contribution < -0.4 is 10.6 Å². The van der Waals surface area contributed by atoms with Crippen LogP contribution in [0.15, 0.2) is 46.9 Å². The first-order chi connectivity index (χ1) is 13.3. The molecule has 0 aliphatic heterocycles. The van der Waals surface area contributed by atoms with E-state index < -0.39 is 24.5 Å². The molecule has 1 aromatic heterocycles. The third-order valence-corrected chi connectivity index (χ3v) is 4.35. The first-order valence-corrected chi connectivity index (χ1v) is 8.74. The van der Waals surface area contributed by atoms with Gasteiger partial charge in [-0.2, -0.15) is 0 Å². The van der Waals surface area contributed by atoms with Gasteiger partial charge in [0.2, 0.25) is 5.76 Å². The maximum Gasteiger partial charge on any atom is 0.374 e. The highest BCUT2D eigenvalue weighted by Gasteiger charge is 2.17. The zero-order valence-corrected chi connectivity index (χ0v) is 15.9. The molecule has 0 saturated heterocycles. The van der Waals surface area contributed by atoms with Gasteiger partial charge in [0.15, 0.2) is 6.61 Å². The molecule has 0 saturated carbocycles. The van der Waals surface area contributed by atoms with E-state index in [-0.39, 0.29) is 5.76 Å². The average Bonchev–Trinajstić information content (AvgIpc) is 3.06. The molecule has 8 heteroatoms. The van der Waals surface area contributed by atoms with Crippen LogP contribution >= 0.6 is 11.6 Å². The van der Waals surface area contributed by atoms with Gasteiger partial charge in [0, 0.05) is 16.1 Å². The molecule has 3 amide bonds. The molecular formula is C20H17ClN2O5. The van der Waals surface area contributed by atoms with Gasteiger partial charge in [0.1, 0.15) is 5.58 Å². The normalized spacial score (nSPS) is 10.5. The van der Waals surface area contributed by atoms with Gasteiger partial charge in [-0.15, -0.1) is 0 Å². The van der Waals surface area contributed by atoms with Crippen LogP contribution in [0.2, 0.25) is 5.02 Å². The summed E-state index contributed by atoms with van der Waals surface area (Å²) in [6.07, 6.45) is 0. The molecule has 28 heavy (non-hydrogen) atoms. The zero-order valence-electron chi connectivity index (χ0n) is 15.2. The van der Waals surface area contributed by atoms with Crippen molar-refractivity contribution in [1.82, 2.24) is 5.32 Å². The summed E-state index contributed by atoms with van der Waals surface area (Å²) in [5.74, 6) is -1.65. The van der Waals surface area contributed by atoms with Crippen LogP contribution in [0.5, 0.6) is 0 Å². The van der Waals surface area contributed by atoms with Crippen LogP contribution in [0.1, 0.15) is 21.7 Å². The lowest BCUT2D eigenvalue weighted by atomic mass is 10.1. The van der Waals surface area contributed by atoms with Crippen molar-refractivity contribution in [2.45, 2.75) is 13.8 Å². The van der Waals surface area contributed by atoms with E-state index in [1.807, 2.05) is 19.9 Å². The van der Waals surface area contributed by atoms with Gasteiger partial charge in [0.05, 0.1) is 0 Å². The molecule has 0 aliphatic rings. The highest BCUT2D eigenvalue weighted by molar-refractivity contribution is 6.31. The third kappa shape index (κ3) is 4.50. The molecular weight excluding hydrogens is 384 g/mol. The summed E-state index contributed by atoms with van der Waals surface area (Å²) in [4.78, 5) is 35.8. The number of halogens is 1. The van der Waals surface area contributed by atoms with Crippen molar-refractivity contribution < 1.29 is 23.5 Å². The van der Waals surface area contributed by atoms with E-state index in [2.05, 4.69) is 10.6 Å². The molecule has 3 rings (SSSR count). The molecule has 0 spiro atoms. The number of hydrogen-bond donors (Lipinski definition) is 2. The minimum atomic E-state index is -0.822. The quantitative estimate of drug-likeness (QED) is 0.639. The minimum Gasteiger partial charge on any atom is -0.450 e. The number of imide groups is 1. The largest absolute Gasteiger partial charge is 0.450 e. The van der Waals surface area contributed by atoms with E-state index in [0.29, 0.717) is 21.7 Å². The first kappa shape index (κ1) is 19.4. The Hall–Kier alpha value is -3.32. The summed E-state index contributed by atoms with van der Waals surface area (Å²) < 4.78 is 10.2. The molecule has 2 N–H and O–H groups in total.